The van der Waals surface area contributed by atoms with Gasteiger partial charge in [-0.2, -0.15) is 0 Å². The van der Waals surface area contributed by atoms with Gasteiger partial charge in [0.25, 0.3) is 0 Å². The van der Waals surface area contributed by atoms with Gasteiger partial charge in [0.15, 0.2) is 0 Å². The van der Waals surface area contributed by atoms with Crippen LogP contribution in [0.3, 0.4) is 0 Å². The van der Waals surface area contributed by atoms with Crippen LogP contribution in [0.4, 0.5) is 0 Å². The average Bonchev–Trinajstić information content (AvgIpc) is 2.87. The van der Waals surface area contributed by atoms with Crippen LogP contribution < -0.4 is 4.74 Å². The summed E-state index contributed by atoms with van der Waals surface area (Å²) >= 11 is 0. The van der Waals surface area contributed by atoms with Crippen LogP contribution in [-0.4, -0.2) is 7.11 Å². The van der Waals surface area contributed by atoms with E-state index in [9.17, 15) is 0 Å². The maximum Gasteiger partial charge on any atom is 0.118 e. The minimum atomic E-state index is 0.940. The van der Waals surface area contributed by atoms with Gasteiger partial charge in [0.1, 0.15) is 5.75 Å². The van der Waals surface area contributed by atoms with Gasteiger partial charge in [0, 0.05) is 5.92 Å². The highest BCUT2D eigenvalue weighted by molar-refractivity contribution is 5.40. The number of methoxy groups -OCH3 is 1. The normalized spacial score (nSPS) is 16.5. The van der Waals surface area contributed by atoms with E-state index < -0.39 is 0 Å². The molecule has 1 saturated carbocycles. The summed E-state index contributed by atoms with van der Waals surface area (Å²) in [7, 11) is 1.69. The highest BCUT2D eigenvalue weighted by Gasteiger charge is 2.23. The maximum atomic E-state index is 5.06. The molecule has 1 aliphatic carbocycles. The van der Waals surface area contributed by atoms with Crippen LogP contribution in [-0.2, 0) is 0 Å². The Bertz CT molecular complexity index is 234. The Labute approximate surface area is 67.0 Å². The third kappa shape index (κ3) is 1.37. The molecule has 1 aromatic rings. The molecule has 0 bridgehead atoms. The molecule has 0 heterocycles. The van der Waals surface area contributed by atoms with Crippen molar-refractivity contribution in [1.82, 2.24) is 0 Å². The summed E-state index contributed by atoms with van der Waals surface area (Å²) in [5.41, 5.74) is 1.38. The first-order valence-corrected chi connectivity index (χ1v) is 3.89. The fourth-order valence-corrected chi connectivity index (χ4v) is 1.18. The van der Waals surface area contributed by atoms with E-state index in [1.807, 2.05) is 12.1 Å². The van der Waals surface area contributed by atoms with Crippen LogP contribution in [0.15, 0.2) is 24.3 Å². The Kier molecular flexibility index (Phi) is 1.57. The monoisotopic (exact) mass is 147 g/mol. The van der Waals surface area contributed by atoms with E-state index in [4.69, 9.17) is 4.74 Å². The summed E-state index contributed by atoms with van der Waals surface area (Å²) in [5.74, 6) is 2.52. The third-order valence-electron chi connectivity index (χ3n) is 2.00. The quantitative estimate of drug-likeness (QED) is 0.624. The summed E-state index contributed by atoms with van der Waals surface area (Å²) in [6, 6.07) is 8.28. The second-order valence-electron chi connectivity index (χ2n) is 2.83. The molecule has 0 atom stereocenters. The molecule has 1 nitrogen and oxygen atoms in total. The highest BCUT2D eigenvalue weighted by Crippen LogP contribution is 2.39. The van der Waals surface area contributed by atoms with Crippen molar-refractivity contribution in [3.63, 3.8) is 0 Å². The van der Waals surface area contributed by atoms with Gasteiger partial charge >= 0.3 is 0 Å². The smallest absolute Gasteiger partial charge is 0.118 e. The van der Waals surface area contributed by atoms with Gasteiger partial charge in [0.05, 0.1) is 7.11 Å². The molecule has 1 radical (unpaired) electrons. The van der Waals surface area contributed by atoms with E-state index in [-0.39, 0.29) is 0 Å². The van der Waals surface area contributed by atoms with Gasteiger partial charge in [-0.3, -0.25) is 0 Å². The molecule has 0 amide bonds. The first-order chi connectivity index (χ1) is 5.40. The van der Waals surface area contributed by atoms with Crippen LogP contribution >= 0.6 is 0 Å². The molecule has 0 saturated heterocycles. The third-order valence-corrected chi connectivity index (χ3v) is 2.00. The number of benzene rings is 1. The van der Waals surface area contributed by atoms with Crippen molar-refractivity contribution in [3.05, 3.63) is 35.7 Å². The topological polar surface area (TPSA) is 9.23 Å². The predicted molar refractivity (Wildman–Crippen MR) is 44.6 cm³/mol. The first-order valence-electron chi connectivity index (χ1n) is 3.89. The number of hydrogen-bond acceptors (Lipinski definition) is 1. The summed E-state index contributed by atoms with van der Waals surface area (Å²) in [4.78, 5) is 0. The second-order valence-corrected chi connectivity index (χ2v) is 2.83. The fraction of sp³-hybridized carbons (Fsp3) is 0.300. The molecular formula is C10H11O. The standard InChI is InChI=1S/C10H11O/c1-11-10-6-4-9(5-7-10)8-2-3-8/h4-7H,2-3H2,1H3. The van der Waals surface area contributed by atoms with Crippen molar-refractivity contribution in [3.8, 4) is 5.75 Å². The van der Waals surface area contributed by atoms with E-state index in [0.29, 0.717) is 0 Å². The minimum Gasteiger partial charge on any atom is -0.497 e. The van der Waals surface area contributed by atoms with Crippen LogP contribution in [0.1, 0.15) is 18.4 Å². The first kappa shape index (κ1) is 6.71. The van der Waals surface area contributed by atoms with Crippen LogP contribution in [0.25, 0.3) is 0 Å². The van der Waals surface area contributed by atoms with Crippen molar-refractivity contribution in [2.75, 3.05) is 7.11 Å². The number of ether oxygens (including phenoxy) is 1. The van der Waals surface area contributed by atoms with Crippen molar-refractivity contribution in [2.45, 2.75) is 12.8 Å². The Morgan fingerprint density at radius 3 is 2.18 bits per heavy atom. The number of rotatable bonds is 2. The van der Waals surface area contributed by atoms with E-state index in [1.54, 1.807) is 13.0 Å². The highest BCUT2D eigenvalue weighted by atomic mass is 16.5. The Hall–Kier alpha value is -0.980. The van der Waals surface area contributed by atoms with Crippen molar-refractivity contribution in [1.29, 1.82) is 0 Å². The zero-order chi connectivity index (χ0) is 7.68. The van der Waals surface area contributed by atoms with Crippen molar-refractivity contribution < 1.29 is 4.74 Å². The molecule has 57 valence electrons. The van der Waals surface area contributed by atoms with Gasteiger partial charge in [-0.15, -0.1) is 0 Å². The molecule has 1 heteroatoms. The van der Waals surface area contributed by atoms with Crippen LogP contribution in [0, 0.1) is 5.92 Å². The molecule has 0 N–H and O–H groups in total. The van der Waals surface area contributed by atoms with Gasteiger partial charge < -0.3 is 4.74 Å². The second kappa shape index (κ2) is 2.57. The molecule has 1 aliphatic rings. The lowest BCUT2D eigenvalue weighted by atomic mass is 10.1. The summed E-state index contributed by atoms with van der Waals surface area (Å²) in [6.45, 7) is 0. The summed E-state index contributed by atoms with van der Waals surface area (Å²) < 4.78 is 5.06. The van der Waals surface area contributed by atoms with Crippen molar-refractivity contribution in [2.24, 2.45) is 0 Å². The van der Waals surface area contributed by atoms with E-state index in [0.717, 1.165) is 5.75 Å². The van der Waals surface area contributed by atoms with Gasteiger partial charge in [-0.25, -0.2) is 0 Å². The van der Waals surface area contributed by atoms with Crippen LogP contribution in [0.5, 0.6) is 5.75 Å². The van der Waals surface area contributed by atoms with Gasteiger partial charge in [-0.05, 0) is 30.5 Å². The van der Waals surface area contributed by atoms with Crippen molar-refractivity contribution >= 4 is 0 Å². The van der Waals surface area contributed by atoms with E-state index >= 15 is 0 Å². The maximum absolute atomic E-state index is 5.06. The zero-order valence-corrected chi connectivity index (χ0v) is 6.63. The fourth-order valence-electron chi connectivity index (χ4n) is 1.18. The summed E-state index contributed by atoms with van der Waals surface area (Å²) in [6.07, 6.45) is 2.57. The Balaban J connectivity index is 2.19. The van der Waals surface area contributed by atoms with Crippen LogP contribution in [0.2, 0.25) is 0 Å². The molecular weight excluding hydrogens is 136 g/mol. The summed E-state index contributed by atoms with van der Waals surface area (Å²) in [5, 5.41) is 0. The lowest BCUT2D eigenvalue weighted by molar-refractivity contribution is 0.414. The predicted octanol–water partition coefficient (Wildman–Crippen LogP) is 2.41. The lowest BCUT2D eigenvalue weighted by Crippen LogP contribution is -1.83. The molecule has 1 fully saturated rings. The SMILES string of the molecule is COc1ccc([C]2CC2)cc1. The largest absolute Gasteiger partial charge is 0.497 e. The van der Waals surface area contributed by atoms with Gasteiger partial charge in [0.2, 0.25) is 0 Å². The van der Waals surface area contributed by atoms with E-state index in [1.165, 1.54) is 18.4 Å². The van der Waals surface area contributed by atoms with Gasteiger partial charge in [-0.1, -0.05) is 12.1 Å². The lowest BCUT2D eigenvalue weighted by Gasteiger charge is -2.00. The van der Waals surface area contributed by atoms with E-state index in [2.05, 4.69) is 12.1 Å². The molecule has 11 heavy (non-hydrogen) atoms. The zero-order valence-electron chi connectivity index (χ0n) is 6.63. The molecule has 2 rings (SSSR count). The molecule has 0 aliphatic heterocycles. The minimum absolute atomic E-state index is 0.940. The Morgan fingerprint density at radius 2 is 1.73 bits per heavy atom. The molecule has 0 unspecified atom stereocenters. The molecule has 0 aromatic heterocycles. The average molecular weight is 147 g/mol. The molecule has 0 spiro atoms. The molecule has 1 aromatic carbocycles. The number of hydrogen-bond donors (Lipinski definition) is 0. The Morgan fingerprint density at radius 1 is 1.09 bits per heavy atom.